The fraction of sp³-hybridized carbons (Fsp3) is 0.528. The SMILES string of the molecule is CSCO[C@@H]([C@@H](CC1=C2CC[C@H]3COC(=O)[C@]3(C)[C@@]2(C)CCC1=O)OC(=O)c1ccccc1)C(C)(C)OCc1ccccc1. The number of Topliss-reactive ketones (excluding diaryl/α,β-unsaturated/α-hetero) is 1. The molecule has 2 aliphatic carbocycles. The van der Waals surface area contributed by atoms with Gasteiger partial charge in [-0.25, -0.2) is 4.79 Å². The zero-order valence-electron chi connectivity index (χ0n) is 26.4. The molecule has 236 valence electrons. The van der Waals surface area contributed by atoms with E-state index in [-0.39, 0.29) is 24.1 Å². The molecule has 0 bridgehead atoms. The first-order valence-corrected chi connectivity index (χ1v) is 16.9. The van der Waals surface area contributed by atoms with Gasteiger partial charge in [-0.3, -0.25) is 9.59 Å². The third-order valence-corrected chi connectivity index (χ3v) is 10.7. The molecule has 1 heterocycles. The fourth-order valence-electron chi connectivity index (χ4n) is 7.44. The molecule has 2 aromatic rings. The molecule has 5 atom stereocenters. The molecule has 0 amide bonds. The highest BCUT2D eigenvalue weighted by molar-refractivity contribution is 7.98. The Bertz CT molecular complexity index is 1390. The van der Waals surface area contributed by atoms with Crippen LogP contribution in [0.3, 0.4) is 0 Å². The molecule has 0 aromatic heterocycles. The highest BCUT2D eigenvalue weighted by Gasteiger charge is 2.64. The highest BCUT2D eigenvalue weighted by atomic mass is 32.2. The first-order valence-electron chi connectivity index (χ1n) is 15.5. The summed E-state index contributed by atoms with van der Waals surface area (Å²) < 4.78 is 24.8. The molecule has 0 N–H and O–H groups in total. The molecular formula is C36H44O7S. The van der Waals surface area contributed by atoms with Crippen molar-refractivity contribution in [2.75, 3.05) is 18.8 Å². The predicted molar refractivity (Wildman–Crippen MR) is 170 cm³/mol. The minimum Gasteiger partial charge on any atom is -0.465 e. The first kappa shape index (κ1) is 32.5. The molecule has 7 nitrogen and oxygen atoms in total. The molecule has 1 saturated heterocycles. The summed E-state index contributed by atoms with van der Waals surface area (Å²) in [6.45, 7) is 8.78. The van der Waals surface area contributed by atoms with E-state index < -0.39 is 34.6 Å². The molecule has 0 radical (unpaired) electrons. The van der Waals surface area contributed by atoms with E-state index in [0.717, 1.165) is 17.6 Å². The average molecular weight is 621 g/mol. The van der Waals surface area contributed by atoms with E-state index in [9.17, 15) is 14.4 Å². The van der Waals surface area contributed by atoms with Crippen LogP contribution in [-0.2, 0) is 35.1 Å². The summed E-state index contributed by atoms with van der Waals surface area (Å²) in [5, 5.41) is 0. The van der Waals surface area contributed by atoms with Crippen LogP contribution in [0.25, 0.3) is 0 Å². The highest BCUT2D eigenvalue weighted by Crippen LogP contribution is 2.63. The number of carbonyl (C=O) groups is 3. The Morgan fingerprint density at radius 1 is 1.05 bits per heavy atom. The van der Waals surface area contributed by atoms with E-state index in [1.807, 2.05) is 63.4 Å². The molecule has 0 spiro atoms. The molecule has 44 heavy (non-hydrogen) atoms. The second kappa shape index (κ2) is 13.2. The van der Waals surface area contributed by atoms with Crippen molar-refractivity contribution in [1.82, 2.24) is 0 Å². The van der Waals surface area contributed by atoms with Gasteiger partial charge in [-0.2, -0.15) is 0 Å². The molecule has 3 aliphatic rings. The van der Waals surface area contributed by atoms with Crippen LogP contribution in [0.1, 0.15) is 75.7 Å². The topological polar surface area (TPSA) is 88.1 Å². The smallest absolute Gasteiger partial charge is 0.338 e. The number of esters is 2. The summed E-state index contributed by atoms with van der Waals surface area (Å²) in [5.41, 5.74) is 0.977. The number of thioether (sulfide) groups is 1. The molecule has 1 saturated carbocycles. The van der Waals surface area contributed by atoms with E-state index in [0.29, 0.717) is 49.6 Å². The van der Waals surface area contributed by atoms with Gasteiger partial charge in [0, 0.05) is 24.2 Å². The van der Waals surface area contributed by atoms with Gasteiger partial charge in [0.05, 0.1) is 35.7 Å². The molecule has 0 unspecified atom stereocenters. The third-order valence-electron chi connectivity index (χ3n) is 10.3. The molecule has 5 rings (SSSR count). The molecule has 2 fully saturated rings. The summed E-state index contributed by atoms with van der Waals surface area (Å²) in [6, 6.07) is 18.7. The zero-order valence-corrected chi connectivity index (χ0v) is 27.2. The van der Waals surface area contributed by atoms with Crippen LogP contribution in [0.2, 0.25) is 0 Å². The number of allylic oxidation sites excluding steroid dienone is 1. The quantitative estimate of drug-likeness (QED) is 0.186. The standard InChI is InChI=1S/C36H44O7S/c1-34(2,42-21-24-12-8-6-9-13-24)31(41-23-44-5)30(43-32(38)25-14-10-7-11-15-25)20-27-28-17-16-26-22-40-33(39)36(26,4)35(28,3)19-18-29(27)37/h6-15,26,30-31H,16-23H2,1-5H3/t26-,30+,31-,35-,36+/m0/s1. The number of ether oxygens (including phenoxy) is 4. The lowest BCUT2D eigenvalue weighted by atomic mass is 9.48. The van der Waals surface area contributed by atoms with Gasteiger partial charge in [0.2, 0.25) is 0 Å². The average Bonchev–Trinajstić information content (AvgIpc) is 3.33. The number of hydrogen-bond donors (Lipinski definition) is 0. The van der Waals surface area contributed by atoms with Crippen molar-refractivity contribution in [1.29, 1.82) is 0 Å². The summed E-state index contributed by atoms with van der Waals surface area (Å²) in [6.07, 6.45) is 3.01. The number of rotatable bonds is 12. The van der Waals surface area contributed by atoms with E-state index in [1.54, 1.807) is 24.3 Å². The minimum absolute atomic E-state index is 0.0401. The van der Waals surface area contributed by atoms with Crippen LogP contribution in [0.5, 0.6) is 0 Å². The number of ketones is 1. The first-order chi connectivity index (χ1) is 21.0. The van der Waals surface area contributed by atoms with Crippen LogP contribution in [-0.4, -0.2) is 54.3 Å². The van der Waals surface area contributed by atoms with Crippen molar-refractivity contribution in [3.63, 3.8) is 0 Å². The Morgan fingerprint density at radius 3 is 2.41 bits per heavy atom. The monoisotopic (exact) mass is 620 g/mol. The Labute approximate surface area is 265 Å². The van der Waals surface area contributed by atoms with Gasteiger partial charge in [0.15, 0.2) is 5.78 Å². The Balaban J connectivity index is 1.54. The lowest BCUT2D eigenvalue weighted by molar-refractivity contribution is -0.164. The fourth-order valence-corrected chi connectivity index (χ4v) is 7.73. The van der Waals surface area contributed by atoms with E-state index in [1.165, 1.54) is 11.8 Å². The van der Waals surface area contributed by atoms with Crippen molar-refractivity contribution >= 4 is 29.5 Å². The minimum atomic E-state index is -0.891. The van der Waals surface area contributed by atoms with Gasteiger partial charge in [0.25, 0.3) is 0 Å². The van der Waals surface area contributed by atoms with Crippen molar-refractivity contribution in [3.05, 3.63) is 82.9 Å². The molecule has 1 aliphatic heterocycles. The number of fused-ring (bicyclic) bond motifs is 3. The van der Waals surface area contributed by atoms with Crippen molar-refractivity contribution < 1.29 is 33.3 Å². The van der Waals surface area contributed by atoms with Gasteiger partial charge in [0.1, 0.15) is 12.2 Å². The zero-order chi connectivity index (χ0) is 31.5. The van der Waals surface area contributed by atoms with Gasteiger partial charge in [-0.05, 0) is 69.6 Å². The number of hydrogen-bond acceptors (Lipinski definition) is 8. The lowest BCUT2D eigenvalue weighted by Gasteiger charge is -2.53. The second-order valence-corrected chi connectivity index (χ2v) is 13.9. The van der Waals surface area contributed by atoms with Gasteiger partial charge < -0.3 is 18.9 Å². The van der Waals surface area contributed by atoms with Crippen LogP contribution in [0.4, 0.5) is 0 Å². The number of benzene rings is 2. The van der Waals surface area contributed by atoms with Crippen molar-refractivity contribution in [3.8, 4) is 0 Å². The maximum Gasteiger partial charge on any atom is 0.338 e. The van der Waals surface area contributed by atoms with Crippen LogP contribution < -0.4 is 0 Å². The third kappa shape index (κ3) is 6.13. The van der Waals surface area contributed by atoms with Gasteiger partial charge in [-0.1, -0.05) is 61.0 Å². The predicted octanol–water partition coefficient (Wildman–Crippen LogP) is 6.94. The summed E-state index contributed by atoms with van der Waals surface area (Å²) in [5.74, 6) is -0.157. The van der Waals surface area contributed by atoms with Gasteiger partial charge >= 0.3 is 11.9 Å². The Hall–Kier alpha value is -2.94. The normalized spacial score (nSPS) is 26.4. The number of carbonyl (C=O) groups excluding carboxylic acids is 3. The Kier molecular flexibility index (Phi) is 9.73. The summed E-state index contributed by atoms with van der Waals surface area (Å²) >= 11 is 1.52. The number of cyclic esters (lactones) is 1. The van der Waals surface area contributed by atoms with Crippen LogP contribution >= 0.6 is 11.8 Å². The van der Waals surface area contributed by atoms with E-state index in [2.05, 4.69) is 6.92 Å². The molecule has 2 aromatic carbocycles. The summed E-state index contributed by atoms with van der Waals surface area (Å²) in [7, 11) is 0. The van der Waals surface area contributed by atoms with Crippen LogP contribution in [0, 0.1) is 16.7 Å². The maximum absolute atomic E-state index is 13.8. The molecular weight excluding hydrogens is 576 g/mol. The van der Waals surface area contributed by atoms with E-state index in [4.69, 9.17) is 18.9 Å². The summed E-state index contributed by atoms with van der Waals surface area (Å²) in [4.78, 5) is 40.5. The van der Waals surface area contributed by atoms with E-state index >= 15 is 0 Å². The van der Waals surface area contributed by atoms with Crippen LogP contribution in [0.15, 0.2) is 71.8 Å². The second-order valence-electron chi connectivity index (χ2n) is 13.1. The lowest BCUT2D eigenvalue weighted by Crippen LogP contribution is -2.53. The maximum atomic E-state index is 13.8. The van der Waals surface area contributed by atoms with Gasteiger partial charge in [-0.15, -0.1) is 11.8 Å². The van der Waals surface area contributed by atoms with Crippen molar-refractivity contribution in [2.45, 2.75) is 84.2 Å². The molecule has 8 heteroatoms. The van der Waals surface area contributed by atoms with Crippen molar-refractivity contribution in [2.24, 2.45) is 16.7 Å². The Morgan fingerprint density at radius 2 is 1.73 bits per heavy atom. The largest absolute Gasteiger partial charge is 0.465 e.